The highest BCUT2D eigenvalue weighted by Crippen LogP contribution is 2.33. The van der Waals surface area contributed by atoms with Gasteiger partial charge in [0.1, 0.15) is 5.60 Å². The van der Waals surface area contributed by atoms with Crippen LogP contribution in [0.3, 0.4) is 0 Å². The first-order chi connectivity index (χ1) is 17.7. The summed E-state index contributed by atoms with van der Waals surface area (Å²) in [5.41, 5.74) is -1.14. The molecule has 0 aliphatic carbocycles. The van der Waals surface area contributed by atoms with Crippen molar-refractivity contribution in [2.24, 2.45) is 5.92 Å². The molecule has 0 radical (unpaired) electrons. The van der Waals surface area contributed by atoms with Gasteiger partial charge in [-0.2, -0.15) is 18.2 Å². The molecule has 4 heterocycles. The van der Waals surface area contributed by atoms with Crippen LogP contribution in [0.1, 0.15) is 47.5 Å². The van der Waals surface area contributed by atoms with Gasteiger partial charge < -0.3 is 19.5 Å². The Labute approximate surface area is 218 Å². The van der Waals surface area contributed by atoms with Gasteiger partial charge in [-0.1, -0.05) is 11.6 Å². The summed E-state index contributed by atoms with van der Waals surface area (Å²) in [4.78, 5) is 45.6. The lowest BCUT2D eigenvalue weighted by molar-refractivity contribution is -0.212. The number of fused-ring (bicyclic) bond motifs is 2. The number of nitrogens with zero attached hydrogens (tertiary/aromatic N) is 5. The summed E-state index contributed by atoms with van der Waals surface area (Å²) in [6.45, 7) is 11.2. The Morgan fingerprint density at radius 2 is 1.87 bits per heavy atom. The van der Waals surface area contributed by atoms with Crippen molar-refractivity contribution >= 4 is 23.1 Å². The Morgan fingerprint density at radius 1 is 1.16 bits per heavy atom. The number of ether oxygens (including phenoxy) is 1. The third-order valence-electron chi connectivity index (χ3n) is 7.33. The number of halogens is 3. The lowest BCUT2D eigenvalue weighted by Crippen LogP contribution is -2.43. The van der Waals surface area contributed by atoms with Crippen LogP contribution in [0.25, 0.3) is 11.2 Å². The van der Waals surface area contributed by atoms with Crippen LogP contribution >= 0.6 is 0 Å². The van der Waals surface area contributed by atoms with E-state index in [0.29, 0.717) is 18.4 Å². The van der Waals surface area contributed by atoms with Gasteiger partial charge in [0.05, 0.1) is 0 Å². The van der Waals surface area contributed by atoms with Gasteiger partial charge in [-0.3, -0.25) is 13.9 Å². The molecule has 210 valence electrons. The number of aromatic nitrogens is 4. The molecule has 0 bridgehead atoms. The zero-order valence-electron chi connectivity index (χ0n) is 22.4. The lowest BCUT2D eigenvalue weighted by atomic mass is 10.1. The summed E-state index contributed by atoms with van der Waals surface area (Å²) in [6.07, 6.45) is -2.33. The highest BCUT2D eigenvalue weighted by molar-refractivity contribution is 5.76. The fourth-order valence-corrected chi connectivity index (χ4v) is 5.27. The predicted molar refractivity (Wildman–Crippen MR) is 136 cm³/mol. The molecule has 13 heteroatoms. The summed E-state index contributed by atoms with van der Waals surface area (Å²) in [7, 11) is 0. The number of aryl methyl sites for hydroxylation is 1. The highest BCUT2D eigenvalue weighted by Gasteiger charge is 2.44. The Bertz CT molecular complexity index is 1370. The molecule has 2 aromatic rings. The highest BCUT2D eigenvalue weighted by atomic mass is 19.4. The molecule has 0 saturated carbocycles. The number of anilines is 1. The minimum absolute atomic E-state index is 0.171. The molecule has 2 aliphatic heterocycles. The number of nitrogens with one attached hydrogen (secondary N) is 1. The quantitative estimate of drug-likeness (QED) is 0.405. The molecule has 0 spiro atoms. The van der Waals surface area contributed by atoms with Crippen molar-refractivity contribution in [3.8, 4) is 0 Å². The van der Waals surface area contributed by atoms with Gasteiger partial charge in [0.15, 0.2) is 11.2 Å². The normalized spacial score (nSPS) is 19.7. The van der Waals surface area contributed by atoms with Crippen LogP contribution in [-0.2, 0) is 29.2 Å². The van der Waals surface area contributed by atoms with E-state index in [0.717, 1.165) is 36.2 Å². The van der Waals surface area contributed by atoms with Gasteiger partial charge in [-0.25, -0.2) is 9.59 Å². The molecule has 2 aliphatic rings. The predicted octanol–water partition coefficient (Wildman–Crippen LogP) is 2.42. The standard InChI is InChI=1S/C25H35F3N6O4/c1-6-31-19-18(20(35)34(23(31)37)12-9-24(4,5)38-21(36)25(26,27)28)33(10-7-15(2)3)22(30-19)32-11-8-16-13-29-14-17(16)32/h7,16-17,29H,6,8-14H2,1-5H3. The Kier molecular flexibility index (Phi) is 7.52. The van der Waals surface area contributed by atoms with E-state index in [4.69, 9.17) is 4.98 Å². The minimum atomic E-state index is -5.14. The second kappa shape index (κ2) is 10.2. The number of hydrogen-bond donors (Lipinski definition) is 1. The van der Waals surface area contributed by atoms with Crippen molar-refractivity contribution in [2.45, 2.75) is 84.9 Å². The van der Waals surface area contributed by atoms with Crippen molar-refractivity contribution in [3.63, 3.8) is 0 Å². The number of alkyl halides is 3. The van der Waals surface area contributed by atoms with E-state index in [2.05, 4.69) is 15.0 Å². The fourth-order valence-electron chi connectivity index (χ4n) is 5.27. The Hall–Kier alpha value is -3.09. The molecule has 10 nitrogen and oxygen atoms in total. The van der Waals surface area contributed by atoms with Gasteiger partial charge in [-0.15, -0.1) is 0 Å². The molecule has 2 saturated heterocycles. The van der Waals surface area contributed by atoms with Gasteiger partial charge in [0, 0.05) is 51.7 Å². The first-order valence-electron chi connectivity index (χ1n) is 12.9. The molecule has 38 heavy (non-hydrogen) atoms. The van der Waals surface area contributed by atoms with Gasteiger partial charge in [-0.05, 0) is 47.0 Å². The summed E-state index contributed by atoms with van der Waals surface area (Å²) in [5.74, 6) is -1.20. The maximum absolute atomic E-state index is 13.8. The number of esters is 1. The average Bonchev–Trinajstić information content (AvgIpc) is 3.51. The van der Waals surface area contributed by atoms with Crippen LogP contribution < -0.4 is 21.5 Å². The lowest BCUT2D eigenvalue weighted by Gasteiger charge is -2.26. The summed E-state index contributed by atoms with van der Waals surface area (Å²) < 4.78 is 47.0. The maximum Gasteiger partial charge on any atom is 0.490 e. The van der Waals surface area contributed by atoms with E-state index in [1.165, 1.54) is 18.4 Å². The Balaban J connectivity index is 1.80. The van der Waals surface area contributed by atoms with Crippen molar-refractivity contribution in [2.75, 3.05) is 24.5 Å². The number of carbonyl (C=O) groups excluding carboxylic acids is 1. The third kappa shape index (κ3) is 5.25. The fraction of sp³-hybridized carbons (Fsp3) is 0.680. The molecular formula is C25H35F3N6O4. The van der Waals surface area contributed by atoms with Crippen molar-refractivity contribution in [3.05, 3.63) is 32.5 Å². The molecule has 2 aromatic heterocycles. The topological polar surface area (TPSA) is 103 Å². The van der Waals surface area contributed by atoms with Crippen LogP contribution in [0, 0.1) is 5.92 Å². The minimum Gasteiger partial charge on any atom is -0.453 e. The van der Waals surface area contributed by atoms with Gasteiger partial charge in [0.2, 0.25) is 5.95 Å². The van der Waals surface area contributed by atoms with E-state index in [9.17, 15) is 27.6 Å². The number of carbonyl (C=O) groups is 1. The van der Waals surface area contributed by atoms with Crippen LogP contribution in [0.5, 0.6) is 0 Å². The smallest absolute Gasteiger partial charge is 0.453 e. The van der Waals surface area contributed by atoms with Crippen LogP contribution in [0.4, 0.5) is 19.1 Å². The first kappa shape index (κ1) is 27.9. The third-order valence-corrected chi connectivity index (χ3v) is 7.33. The molecule has 4 rings (SSSR count). The van der Waals surface area contributed by atoms with Gasteiger partial charge in [0.25, 0.3) is 5.56 Å². The molecule has 2 unspecified atom stereocenters. The largest absolute Gasteiger partial charge is 0.490 e. The van der Waals surface area contributed by atoms with Crippen LogP contribution in [0.15, 0.2) is 21.2 Å². The van der Waals surface area contributed by atoms with E-state index in [-0.39, 0.29) is 36.7 Å². The molecule has 0 amide bonds. The van der Waals surface area contributed by atoms with E-state index >= 15 is 0 Å². The second-order valence-electron chi connectivity index (χ2n) is 10.8. The molecule has 0 aromatic carbocycles. The van der Waals surface area contributed by atoms with E-state index in [1.807, 2.05) is 24.5 Å². The monoisotopic (exact) mass is 540 g/mol. The number of imidazole rings is 1. The number of allylic oxidation sites excluding steroid dienone is 2. The zero-order chi connectivity index (χ0) is 28.0. The maximum atomic E-state index is 13.8. The number of rotatable bonds is 8. The van der Waals surface area contributed by atoms with E-state index < -0.39 is 29.0 Å². The summed E-state index contributed by atoms with van der Waals surface area (Å²) >= 11 is 0. The molecule has 1 N–H and O–H groups in total. The van der Waals surface area contributed by atoms with E-state index in [1.54, 1.807) is 6.92 Å². The summed E-state index contributed by atoms with van der Waals surface area (Å²) in [5, 5.41) is 3.42. The van der Waals surface area contributed by atoms with Gasteiger partial charge >= 0.3 is 17.8 Å². The SMILES string of the molecule is CCn1c(=O)n(CCC(C)(C)OC(=O)C(F)(F)F)c(=O)c2c1nc(N1CCC3CNCC31)n2CC=C(C)C. The van der Waals surface area contributed by atoms with Crippen molar-refractivity contribution in [1.29, 1.82) is 0 Å². The van der Waals surface area contributed by atoms with Crippen molar-refractivity contribution in [1.82, 2.24) is 24.0 Å². The first-order valence-corrected chi connectivity index (χ1v) is 12.9. The zero-order valence-corrected chi connectivity index (χ0v) is 22.4. The van der Waals surface area contributed by atoms with Crippen molar-refractivity contribution < 1.29 is 22.7 Å². The average molecular weight is 541 g/mol. The molecular weight excluding hydrogens is 505 g/mol. The molecule has 2 atom stereocenters. The molecule has 2 fully saturated rings. The van der Waals surface area contributed by atoms with Crippen LogP contribution in [0.2, 0.25) is 0 Å². The van der Waals surface area contributed by atoms with Crippen LogP contribution in [-0.4, -0.2) is 62.1 Å². The number of hydrogen-bond acceptors (Lipinski definition) is 7. The second-order valence-corrected chi connectivity index (χ2v) is 10.8. The summed E-state index contributed by atoms with van der Waals surface area (Å²) in [6, 6.07) is 0.241. The Morgan fingerprint density at radius 3 is 2.50 bits per heavy atom.